The summed E-state index contributed by atoms with van der Waals surface area (Å²) in [6, 6.07) is 4.99. The summed E-state index contributed by atoms with van der Waals surface area (Å²) < 4.78 is 21.6. The fourth-order valence-corrected chi connectivity index (χ4v) is 1.87. The molecule has 1 aliphatic rings. The van der Waals surface area contributed by atoms with E-state index in [0.29, 0.717) is 17.1 Å². The van der Waals surface area contributed by atoms with Crippen molar-refractivity contribution in [1.29, 1.82) is 0 Å². The molecular formula is C11H12O4S. The lowest BCUT2D eigenvalue weighted by atomic mass is 10.1. The van der Waals surface area contributed by atoms with Gasteiger partial charge in [0.15, 0.2) is 17.3 Å². The van der Waals surface area contributed by atoms with Crippen LogP contribution < -0.4 is 9.47 Å². The number of Topliss-reactive ketones (excluding diaryl/α,β-unsaturated/α-hetero) is 1. The zero-order valence-corrected chi connectivity index (χ0v) is 9.87. The van der Waals surface area contributed by atoms with E-state index >= 15 is 0 Å². The fourth-order valence-electron chi connectivity index (χ4n) is 1.44. The second kappa shape index (κ2) is 4.25. The van der Waals surface area contributed by atoms with Gasteiger partial charge >= 0.3 is 0 Å². The van der Waals surface area contributed by atoms with E-state index in [1.807, 2.05) is 0 Å². The number of benzene rings is 1. The van der Waals surface area contributed by atoms with Crippen LogP contribution in [-0.4, -0.2) is 28.3 Å². The number of fused-ring (bicyclic) bond motifs is 1. The van der Waals surface area contributed by atoms with Crippen molar-refractivity contribution in [3.05, 3.63) is 23.8 Å². The van der Waals surface area contributed by atoms with Crippen molar-refractivity contribution in [2.45, 2.75) is 12.2 Å². The molecule has 1 heterocycles. The summed E-state index contributed by atoms with van der Waals surface area (Å²) in [5.74, 6) is 1.07. The molecule has 0 fully saturated rings. The lowest BCUT2D eigenvalue weighted by Gasteiger charge is -2.07. The lowest BCUT2D eigenvalue weighted by molar-refractivity contribution is 0.0992. The van der Waals surface area contributed by atoms with Crippen molar-refractivity contribution >= 4 is 16.6 Å². The summed E-state index contributed by atoms with van der Waals surface area (Å²) >= 11 is 0. The molecule has 86 valence electrons. The second-order valence-electron chi connectivity index (χ2n) is 3.57. The first kappa shape index (κ1) is 11.1. The van der Waals surface area contributed by atoms with Crippen molar-refractivity contribution < 1.29 is 18.5 Å². The Morgan fingerprint density at radius 3 is 2.75 bits per heavy atom. The quantitative estimate of drug-likeness (QED) is 0.749. The molecule has 0 saturated heterocycles. The van der Waals surface area contributed by atoms with Crippen LogP contribution in [0.4, 0.5) is 0 Å². The number of hydrogen-bond acceptors (Lipinski definition) is 4. The molecular weight excluding hydrogens is 228 g/mol. The Labute approximate surface area is 96.0 Å². The van der Waals surface area contributed by atoms with Crippen LogP contribution in [0.15, 0.2) is 18.2 Å². The van der Waals surface area contributed by atoms with Gasteiger partial charge in [-0.3, -0.25) is 9.00 Å². The van der Waals surface area contributed by atoms with E-state index in [2.05, 4.69) is 0 Å². The Hall–Kier alpha value is -1.36. The molecule has 2 atom stereocenters. The number of ether oxygens (including phenoxy) is 2. The largest absolute Gasteiger partial charge is 0.454 e. The van der Waals surface area contributed by atoms with Crippen LogP contribution in [0.2, 0.25) is 0 Å². The van der Waals surface area contributed by atoms with Crippen molar-refractivity contribution in [2.75, 3.05) is 13.0 Å². The molecule has 0 amide bonds. The second-order valence-corrected chi connectivity index (χ2v) is 5.28. The van der Waals surface area contributed by atoms with Gasteiger partial charge in [-0.1, -0.05) is 0 Å². The van der Waals surface area contributed by atoms with Gasteiger partial charge in [0, 0.05) is 22.6 Å². The maximum Gasteiger partial charge on any atom is 0.231 e. The van der Waals surface area contributed by atoms with Gasteiger partial charge in [0.05, 0.1) is 5.25 Å². The van der Waals surface area contributed by atoms with E-state index in [0.717, 1.165) is 0 Å². The standard InChI is InChI=1S/C11H12O4S/c1-7(16(2)13)11(12)8-3-4-9-10(5-8)15-6-14-9/h3-5,7H,6H2,1-2H3. The molecule has 2 unspecified atom stereocenters. The SMILES string of the molecule is CC(C(=O)c1ccc2c(c1)OCO2)S(C)=O. The zero-order chi connectivity index (χ0) is 11.7. The minimum Gasteiger partial charge on any atom is -0.454 e. The molecule has 4 nitrogen and oxygen atoms in total. The molecule has 0 spiro atoms. The van der Waals surface area contributed by atoms with E-state index < -0.39 is 16.0 Å². The summed E-state index contributed by atoms with van der Waals surface area (Å²) in [4.78, 5) is 11.9. The molecule has 0 bridgehead atoms. The molecule has 0 aromatic heterocycles. The summed E-state index contributed by atoms with van der Waals surface area (Å²) in [7, 11) is -1.16. The van der Waals surface area contributed by atoms with E-state index in [1.165, 1.54) is 6.26 Å². The van der Waals surface area contributed by atoms with E-state index in [-0.39, 0.29) is 12.6 Å². The number of ketones is 1. The first-order valence-corrected chi connectivity index (χ1v) is 6.48. The Kier molecular flexibility index (Phi) is 2.96. The Bertz CT molecular complexity index is 455. The highest BCUT2D eigenvalue weighted by molar-refractivity contribution is 7.85. The van der Waals surface area contributed by atoms with Gasteiger partial charge in [0.25, 0.3) is 0 Å². The van der Waals surface area contributed by atoms with Gasteiger partial charge in [0.1, 0.15) is 0 Å². The van der Waals surface area contributed by atoms with E-state index in [4.69, 9.17) is 9.47 Å². The Morgan fingerprint density at radius 2 is 2.06 bits per heavy atom. The normalized spacial score (nSPS) is 16.9. The average molecular weight is 240 g/mol. The van der Waals surface area contributed by atoms with Crippen molar-refractivity contribution in [1.82, 2.24) is 0 Å². The molecule has 0 aliphatic carbocycles. The molecule has 1 aromatic rings. The third-order valence-corrected chi connectivity index (χ3v) is 3.73. The third kappa shape index (κ3) is 1.95. The van der Waals surface area contributed by atoms with Gasteiger partial charge in [0.2, 0.25) is 6.79 Å². The minimum atomic E-state index is -1.16. The highest BCUT2D eigenvalue weighted by Crippen LogP contribution is 2.32. The summed E-state index contributed by atoms with van der Waals surface area (Å²) in [5, 5.41) is -0.500. The van der Waals surface area contributed by atoms with Crippen LogP contribution in [0.5, 0.6) is 11.5 Å². The van der Waals surface area contributed by atoms with Crippen LogP contribution in [0.25, 0.3) is 0 Å². The third-order valence-electron chi connectivity index (χ3n) is 2.52. The number of carbonyl (C=O) groups is 1. The molecule has 16 heavy (non-hydrogen) atoms. The Balaban J connectivity index is 2.28. The number of hydrogen-bond donors (Lipinski definition) is 0. The van der Waals surface area contributed by atoms with Crippen LogP contribution in [0, 0.1) is 0 Å². The van der Waals surface area contributed by atoms with Crippen LogP contribution >= 0.6 is 0 Å². The molecule has 0 radical (unpaired) electrons. The summed E-state index contributed by atoms with van der Waals surface area (Å²) in [6.07, 6.45) is 1.52. The molecule has 1 aliphatic heterocycles. The minimum absolute atomic E-state index is 0.140. The average Bonchev–Trinajstić information content (AvgIpc) is 2.73. The van der Waals surface area contributed by atoms with Gasteiger partial charge < -0.3 is 9.47 Å². The predicted octanol–water partition coefficient (Wildman–Crippen LogP) is 1.36. The summed E-state index contributed by atoms with van der Waals surface area (Å²) in [6.45, 7) is 1.84. The Morgan fingerprint density at radius 1 is 1.38 bits per heavy atom. The topological polar surface area (TPSA) is 52.6 Å². The van der Waals surface area contributed by atoms with Crippen LogP contribution in [-0.2, 0) is 10.8 Å². The highest BCUT2D eigenvalue weighted by Gasteiger charge is 2.21. The molecule has 0 saturated carbocycles. The fraction of sp³-hybridized carbons (Fsp3) is 0.364. The van der Waals surface area contributed by atoms with Crippen LogP contribution in [0.1, 0.15) is 17.3 Å². The summed E-state index contributed by atoms with van der Waals surface area (Å²) in [5.41, 5.74) is 0.506. The monoisotopic (exact) mass is 240 g/mol. The number of rotatable bonds is 3. The van der Waals surface area contributed by atoms with E-state index in [1.54, 1.807) is 25.1 Å². The van der Waals surface area contributed by atoms with Gasteiger partial charge in [-0.15, -0.1) is 0 Å². The van der Waals surface area contributed by atoms with Crippen molar-refractivity contribution in [3.63, 3.8) is 0 Å². The lowest BCUT2D eigenvalue weighted by Crippen LogP contribution is -2.21. The molecule has 0 N–H and O–H groups in total. The maximum atomic E-state index is 11.9. The molecule has 1 aromatic carbocycles. The van der Waals surface area contributed by atoms with Gasteiger partial charge in [-0.25, -0.2) is 0 Å². The van der Waals surface area contributed by atoms with Crippen LogP contribution in [0.3, 0.4) is 0 Å². The first-order valence-electron chi connectivity index (χ1n) is 4.85. The van der Waals surface area contributed by atoms with Crippen molar-refractivity contribution in [2.24, 2.45) is 0 Å². The highest BCUT2D eigenvalue weighted by atomic mass is 32.2. The van der Waals surface area contributed by atoms with Gasteiger partial charge in [-0.05, 0) is 25.1 Å². The van der Waals surface area contributed by atoms with Gasteiger partial charge in [-0.2, -0.15) is 0 Å². The maximum absolute atomic E-state index is 11.9. The van der Waals surface area contributed by atoms with E-state index in [9.17, 15) is 9.00 Å². The van der Waals surface area contributed by atoms with Crippen molar-refractivity contribution in [3.8, 4) is 11.5 Å². The first-order chi connectivity index (χ1) is 7.59. The predicted molar refractivity (Wildman–Crippen MR) is 60.4 cm³/mol. The molecule has 5 heteroatoms. The number of carbonyl (C=O) groups excluding carboxylic acids is 1. The zero-order valence-electron chi connectivity index (χ0n) is 9.06. The smallest absolute Gasteiger partial charge is 0.231 e. The molecule has 2 rings (SSSR count).